The third kappa shape index (κ3) is 6.06. The standard InChI is InChI=1S/C23H20ClF3N2O3S/c1-14-6-9-20(15(2)10-14)29-33(31,32)21-12-17(7-8-19(21)24)22(30)28-13-16-4-3-5-18(11-16)23(25,26)27/h3-12,29H,13H2,1-2H3,(H,28,30). The monoisotopic (exact) mass is 496 g/mol. The molecule has 3 rings (SSSR count). The minimum Gasteiger partial charge on any atom is -0.348 e. The number of halogens is 4. The summed E-state index contributed by atoms with van der Waals surface area (Å²) < 4.78 is 66.9. The van der Waals surface area contributed by atoms with Gasteiger partial charge in [-0.15, -0.1) is 0 Å². The second-order valence-electron chi connectivity index (χ2n) is 7.45. The highest BCUT2D eigenvalue weighted by Crippen LogP contribution is 2.30. The number of carbonyl (C=O) groups is 1. The van der Waals surface area contributed by atoms with Crippen molar-refractivity contribution in [2.75, 3.05) is 4.72 Å². The normalized spacial score (nSPS) is 11.8. The molecule has 0 aromatic heterocycles. The van der Waals surface area contributed by atoms with E-state index in [9.17, 15) is 26.4 Å². The maximum absolute atomic E-state index is 12.9. The van der Waals surface area contributed by atoms with E-state index in [4.69, 9.17) is 11.6 Å². The van der Waals surface area contributed by atoms with Crippen molar-refractivity contribution >= 4 is 33.2 Å². The summed E-state index contributed by atoms with van der Waals surface area (Å²) >= 11 is 6.09. The summed E-state index contributed by atoms with van der Waals surface area (Å²) in [5.74, 6) is -0.660. The molecule has 0 aliphatic heterocycles. The molecule has 0 saturated carbocycles. The van der Waals surface area contributed by atoms with Crippen LogP contribution >= 0.6 is 11.6 Å². The summed E-state index contributed by atoms with van der Waals surface area (Å²) in [6, 6.07) is 13.5. The quantitative estimate of drug-likeness (QED) is 0.459. The van der Waals surface area contributed by atoms with Crippen LogP contribution < -0.4 is 10.0 Å². The first-order chi connectivity index (χ1) is 15.4. The lowest BCUT2D eigenvalue weighted by Crippen LogP contribution is -2.23. The lowest BCUT2D eigenvalue weighted by atomic mass is 10.1. The van der Waals surface area contributed by atoms with Crippen molar-refractivity contribution in [2.45, 2.75) is 31.5 Å². The zero-order chi connectivity index (χ0) is 24.4. The van der Waals surface area contributed by atoms with E-state index in [0.717, 1.165) is 23.8 Å². The first kappa shape index (κ1) is 24.6. The van der Waals surface area contributed by atoms with Gasteiger partial charge in [0.25, 0.3) is 15.9 Å². The Kier molecular flexibility index (Phi) is 7.04. The van der Waals surface area contributed by atoms with Crippen molar-refractivity contribution in [3.05, 3.63) is 93.5 Å². The molecule has 0 fully saturated rings. The molecule has 174 valence electrons. The zero-order valence-electron chi connectivity index (χ0n) is 17.6. The van der Waals surface area contributed by atoms with Gasteiger partial charge in [-0.05, 0) is 61.4 Å². The van der Waals surface area contributed by atoms with Gasteiger partial charge in [0.05, 0.1) is 16.3 Å². The predicted molar refractivity (Wildman–Crippen MR) is 121 cm³/mol. The van der Waals surface area contributed by atoms with E-state index in [1.165, 1.54) is 24.3 Å². The van der Waals surface area contributed by atoms with E-state index in [0.29, 0.717) is 11.3 Å². The smallest absolute Gasteiger partial charge is 0.348 e. The number of amides is 1. The first-order valence-electron chi connectivity index (χ1n) is 9.71. The summed E-state index contributed by atoms with van der Waals surface area (Å²) in [6.45, 7) is 3.46. The molecule has 3 aromatic carbocycles. The van der Waals surface area contributed by atoms with Crippen LogP contribution in [-0.2, 0) is 22.7 Å². The van der Waals surface area contributed by atoms with Gasteiger partial charge in [-0.25, -0.2) is 8.42 Å². The van der Waals surface area contributed by atoms with Crippen molar-refractivity contribution in [2.24, 2.45) is 0 Å². The number of carbonyl (C=O) groups excluding carboxylic acids is 1. The molecule has 0 heterocycles. The minimum atomic E-state index is -4.50. The second kappa shape index (κ2) is 9.44. The maximum atomic E-state index is 12.9. The van der Waals surface area contributed by atoms with Gasteiger partial charge in [0, 0.05) is 12.1 Å². The maximum Gasteiger partial charge on any atom is 0.416 e. The first-order valence-corrected chi connectivity index (χ1v) is 11.6. The van der Waals surface area contributed by atoms with E-state index in [1.807, 2.05) is 13.0 Å². The van der Waals surface area contributed by atoms with Crippen LogP contribution in [0.5, 0.6) is 0 Å². The third-order valence-electron chi connectivity index (χ3n) is 4.82. The van der Waals surface area contributed by atoms with Crippen molar-refractivity contribution in [3.63, 3.8) is 0 Å². The van der Waals surface area contributed by atoms with Crippen LogP contribution in [0, 0.1) is 13.8 Å². The number of hydrogen-bond acceptors (Lipinski definition) is 3. The Morgan fingerprint density at radius 1 is 1.00 bits per heavy atom. The Hall–Kier alpha value is -3.04. The van der Waals surface area contributed by atoms with Crippen LogP contribution in [-0.4, -0.2) is 14.3 Å². The Morgan fingerprint density at radius 3 is 2.39 bits per heavy atom. The van der Waals surface area contributed by atoms with Crippen molar-refractivity contribution in [1.82, 2.24) is 5.32 Å². The molecule has 0 unspecified atom stereocenters. The largest absolute Gasteiger partial charge is 0.416 e. The van der Waals surface area contributed by atoms with Gasteiger partial charge in [0.15, 0.2) is 0 Å². The highest BCUT2D eigenvalue weighted by atomic mass is 35.5. The van der Waals surface area contributed by atoms with Crippen LogP contribution in [0.2, 0.25) is 5.02 Å². The van der Waals surface area contributed by atoms with Crippen LogP contribution in [0.25, 0.3) is 0 Å². The molecule has 33 heavy (non-hydrogen) atoms. The number of aryl methyl sites for hydroxylation is 2. The zero-order valence-corrected chi connectivity index (χ0v) is 19.2. The summed E-state index contributed by atoms with van der Waals surface area (Å²) in [5, 5.41) is 2.41. The van der Waals surface area contributed by atoms with E-state index in [-0.39, 0.29) is 27.6 Å². The molecule has 0 radical (unpaired) electrons. The number of hydrogen-bond donors (Lipinski definition) is 2. The molecule has 2 N–H and O–H groups in total. The Morgan fingerprint density at radius 2 is 1.73 bits per heavy atom. The second-order valence-corrected chi connectivity index (χ2v) is 9.51. The summed E-state index contributed by atoms with van der Waals surface area (Å²) in [7, 11) is -4.11. The van der Waals surface area contributed by atoms with Crippen LogP contribution in [0.4, 0.5) is 18.9 Å². The molecule has 3 aromatic rings. The highest BCUT2D eigenvalue weighted by molar-refractivity contribution is 7.92. The van der Waals surface area contributed by atoms with Crippen LogP contribution in [0.15, 0.2) is 65.6 Å². The average Bonchev–Trinajstić information content (AvgIpc) is 2.74. The summed E-state index contributed by atoms with van der Waals surface area (Å²) in [5.41, 5.74) is 1.46. The molecule has 0 saturated heterocycles. The fourth-order valence-electron chi connectivity index (χ4n) is 3.12. The topological polar surface area (TPSA) is 75.3 Å². The van der Waals surface area contributed by atoms with E-state index in [2.05, 4.69) is 10.0 Å². The van der Waals surface area contributed by atoms with Crippen LogP contribution in [0.3, 0.4) is 0 Å². The van der Waals surface area contributed by atoms with Gasteiger partial charge >= 0.3 is 6.18 Å². The number of nitrogens with one attached hydrogen (secondary N) is 2. The molecule has 0 aliphatic rings. The van der Waals surface area contributed by atoms with Crippen molar-refractivity contribution in [1.29, 1.82) is 0 Å². The molecule has 0 aliphatic carbocycles. The molecular formula is C23H20ClF3N2O3S. The fourth-order valence-corrected chi connectivity index (χ4v) is 4.78. The number of alkyl halides is 3. The summed E-state index contributed by atoms with van der Waals surface area (Å²) in [4.78, 5) is 12.3. The Bertz CT molecular complexity index is 1310. The number of benzene rings is 3. The Labute approximate surface area is 194 Å². The SMILES string of the molecule is Cc1ccc(NS(=O)(=O)c2cc(C(=O)NCc3cccc(C(F)(F)F)c3)ccc2Cl)c(C)c1. The predicted octanol–water partition coefficient (Wildman–Crippen LogP) is 5.71. The van der Waals surface area contributed by atoms with Gasteiger partial charge in [0.1, 0.15) is 4.90 Å². The van der Waals surface area contributed by atoms with Gasteiger partial charge in [-0.3, -0.25) is 9.52 Å². The molecule has 1 amide bonds. The lowest BCUT2D eigenvalue weighted by molar-refractivity contribution is -0.137. The average molecular weight is 497 g/mol. The van der Waals surface area contributed by atoms with Crippen molar-refractivity contribution < 1.29 is 26.4 Å². The van der Waals surface area contributed by atoms with Crippen molar-refractivity contribution in [3.8, 4) is 0 Å². The van der Waals surface area contributed by atoms with Gasteiger partial charge in [0.2, 0.25) is 0 Å². The molecule has 0 bridgehead atoms. The highest BCUT2D eigenvalue weighted by Gasteiger charge is 2.30. The fraction of sp³-hybridized carbons (Fsp3) is 0.174. The van der Waals surface area contributed by atoms with E-state index < -0.39 is 27.7 Å². The van der Waals surface area contributed by atoms with E-state index in [1.54, 1.807) is 19.1 Å². The Balaban J connectivity index is 1.80. The van der Waals surface area contributed by atoms with Crippen LogP contribution in [0.1, 0.15) is 32.6 Å². The lowest BCUT2D eigenvalue weighted by Gasteiger charge is -2.13. The third-order valence-corrected chi connectivity index (χ3v) is 6.66. The van der Waals surface area contributed by atoms with E-state index >= 15 is 0 Å². The molecule has 10 heteroatoms. The van der Waals surface area contributed by atoms with Gasteiger partial charge in [-0.1, -0.05) is 41.4 Å². The van der Waals surface area contributed by atoms with Gasteiger partial charge in [-0.2, -0.15) is 13.2 Å². The minimum absolute atomic E-state index is 0.00706. The van der Waals surface area contributed by atoms with Gasteiger partial charge < -0.3 is 5.32 Å². The number of sulfonamides is 1. The molecular weight excluding hydrogens is 477 g/mol. The molecule has 0 atom stereocenters. The number of anilines is 1. The molecule has 5 nitrogen and oxygen atoms in total. The number of rotatable bonds is 6. The molecule has 0 spiro atoms. The summed E-state index contributed by atoms with van der Waals surface area (Å²) in [6.07, 6.45) is -4.50.